The molecule has 7 heteroatoms. The first-order chi connectivity index (χ1) is 14.0. The molecule has 4 rings (SSSR count). The van der Waals surface area contributed by atoms with Crippen LogP contribution in [0.25, 0.3) is 16.7 Å². The van der Waals surface area contributed by atoms with Crippen molar-refractivity contribution in [3.05, 3.63) is 76.3 Å². The summed E-state index contributed by atoms with van der Waals surface area (Å²) in [6.07, 6.45) is 0. The van der Waals surface area contributed by atoms with Gasteiger partial charge in [0.25, 0.3) is 5.91 Å². The molecule has 0 saturated carbocycles. The predicted molar refractivity (Wildman–Crippen MR) is 114 cm³/mol. The van der Waals surface area contributed by atoms with Crippen molar-refractivity contribution in [2.24, 2.45) is 0 Å². The van der Waals surface area contributed by atoms with Gasteiger partial charge in [0.2, 0.25) is 0 Å². The minimum atomic E-state index is -0.153. The van der Waals surface area contributed by atoms with Gasteiger partial charge in [-0.2, -0.15) is 4.80 Å². The van der Waals surface area contributed by atoms with E-state index in [9.17, 15) is 4.79 Å². The molecule has 1 aromatic heterocycles. The number of anilines is 1. The highest BCUT2D eigenvalue weighted by atomic mass is 35.5. The van der Waals surface area contributed by atoms with Crippen LogP contribution in [-0.2, 0) is 0 Å². The molecule has 0 unspecified atom stereocenters. The van der Waals surface area contributed by atoms with Gasteiger partial charge in [-0.05, 0) is 61.4 Å². The highest BCUT2D eigenvalue weighted by Crippen LogP contribution is 2.27. The lowest BCUT2D eigenvalue weighted by atomic mass is 10.1. The lowest BCUT2D eigenvalue weighted by Gasteiger charge is -2.09. The molecule has 0 aliphatic carbocycles. The van der Waals surface area contributed by atoms with Gasteiger partial charge in [0.15, 0.2) is 0 Å². The Balaban J connectivity index is 1.68. The van der Waals surface area contributed by atoms with E-state index in [4.69, 9.17) is 16.3 Å². The first-order valence-electron chi connectivity index (χ1n) is 9.05. The van der Waals surface area contributed by atoms with Crippen molar-refractivity contribution < 1.29 is 9.53 Å². The van der Waals surface area contributed by atoms with E-state index in [0.29, 0.717) is 27.5 Å². The summed E-state index contributed by atoms with van der Waals surface area (Å²) in [7, 11) is 1.57. The Morgan fingerprint density at radius 1 is 1.00 bits per heavy atom. The van der Waals surface area contributed by atoms with Crippen molar-refractivity contribution in [1.82, 2.24) is 15.0 Å². The molecule has 29 heavy (non-hydrogen) atoms. The summed E-state index contributed by atoms with van der Waals surface area (Å²) in [5.74, 6) is 0.434. The second-order valence-electron chi connectivity index (χ2n) is 6.73. The largest absolute Gasteiger partial charge is 0.495 e. The number of halogens is 1. The lowest BCUT2D eigenvalue weighted by molar-refractivity contribution is 0.102. The number of fused-ring (bicyclic) bond motifs is 1. The number of amides is 1. The van der Waals surface area contributed by atoms with Crippen LogP contribution in [0.5, 0.6) is 5.75 Å². The van der Waals surface area contributed by atoms with Gasteiger partial charge in [0.05, 0.1) is 17.8 Å². The van der Waals surface area contributed by atoms with Gasteiger partial charge >= 0.3 is 0 Å². The summed E-state index contributed by atoms with van der Waals surface area (Å²) in [6, 6.07) is 16.6. The molecular weight excluding hydrogens is 388 g/mol. The second-order valence-corrected chi connectivity index (χ2v) is 7.14. The van der Waals surface area contributed by atoms with Crippen LogP contribution >= 0.6 is 11.6 Å². The molecule has 0 spiro atoms. The number of hydrogen-bond donors (Lipinski definition) is 1. The number of carbonyl (C=O) groups is 1. The number of carbonyl (C=O) groups excluding carboxylic acids is 1. The van der Waals surface area contributed by atoms with Crippen molar-refractivity contribution in [3.63, 3.8) is 0 Å². The maximum Gasteiger partial charge on any atom is 0.255 e. The predicted octanol–water partition coefficient (Wildman–Crippen LogP) is 4.95. The summed E-state index contributed by atoms with van der Waals surface area (Å²) in [5.41, 5.74) is 5.28. The summed E-state index contributed by atoms with van der Waals surface area (Å²) in [6.45, 7) is 3.84. The van der Waals surface area contributed by atoms with Crippen LogP contribution in [0.2, 0.25) is 5.02 Å². The van der Waals surface area contributed by atoms with Gasteiger partial charge in [-0.3, -0.25) is 4.79 Å². The molecule has 1 amide bonds. The van der Waals surface area contributed by atoms with Crippen molar-refractivity contribution >= 4 is 34.2 Å². The molecule has 6 nitrogen and oxygen atoms in total. The van der Waals surface area contributed by atoms with Crippen LogP contribution in [0.15, 0.2) is 54.6 Å². The van der Waals surface area contributed by atoms with Crippen molar-refractivity contribution in [1.29, 1.82) is 0 Å². The molecule has 0 fully saturated rings. The SMILES string of the molecule is COc1ccc(-n2nc3cc(C)c(NC(=O)c4ccccc4C)cc3n2)cc1Cl. The fraction of sp³-hybridized carbons (Fsp3) is 0.136. The van der Waals surface area contributed by atoms with Crippen molar-refractivity contribution in [3.8, 4) is 11.4 Å². The van der Waals surface area contributed by atoms with E-state index >= 15 is 0 Å². The summed E-state index contributed by atoms with van der Waals surface area (Å²) < 4.78 is 5.19. The number of methoxy groups -OCH3 is 1. The Morgan fingerprint density at radius 2 is 1.72 bits per heavy atom. The highest BCUT2D eigenvalue weighted by Gasteiger charge is 2.13. The van der Waals surface area contributed by atoms with Gasteiger partial charge in [-0.1, -0.05) is 29.8 Å². The molecule has 0 aliphatic rings. The van der Waals surface area contributed by atoms with Crippen LogP contribution in [0.1, 0.15) is 21.5 Å². The van der Waals surface area contributed by atoms with E-state index in [0.717, 1.165) is 22.3 Å². The number of benzene rings is 3. The third-order valence-electron chi connectivity index (χ3n) is 4.73. The third-order valence-corrected chi connectivity index (χ3v) is 5.03. The quantitative estimate of drug-likeness (QED) is 0.520. The maximum absolute atomic E-state index is 12.7. The van der Waals surface area contributed by atoms with Gasteiger partial charge in [-0.15, -0.1) is 10.2 Å². The number of ether oxygens (including phenoxy) is 1. The minimum Gasteiger partial charge on any atom is -0.495 e. The van der Waals surface area contributed by atoms with Gasteiger partial charge in [0, 0.05) is 11.3 Å². The zero-order valence-corrected chi connectivity index (χ0v) is 17.0. The number of nitrogens with zero attached hydrogens (tertiary/aromatic N) is 3. The average Bonchev–Trinajstić information content (AvgIpc) is 3.11. The average molecular weight is 407 g/mol. The number of nitrogens with one attached hydrogen (secondary N) is 1. The maximum atomic E-state index is 12.7. The molecule has 0 radical (unpaired) electrons. The van der Waals surface area contributed by atoms with Crippen LogP contribution in [-0.4, -0.2) is 28.0 Å². The molecule has 0 aliphatic heterocycles. The normalized spacial score (nSPS) is 10.9. The molecular formula is C22H19ClN4O2. The van der Waals surface area contributed by atoms with E-state index in [1.165, 1.54) is 4.80 Å². The number of aromatic nitrogens is 3. The molecule has 0 atom stereocenters. The van der Waals surface area contributed by atoms with E-state index in [1.54, 1.807) is 19.2 Å². The molecule has 146 valence electrons. The third kappa shape index (κ3) is 3.67. The number of hydrogen-bond acceptors (Lipinski definition) is 4. The smallest absolute Gasteiger partial charge is 0.255 e. The topological polar surface area (TPSA) is 69.0 Å². The van der Waals surface area contributed by atoms with Crippen molar-refractivity contribution in [2.75, 3.05) is 12.4 Å². The number of aryl methyl sites for hydroxylation is 2. The van der Waals surface area contributed by atoms with E-state index in [2.05, 4.69) is 15.5 Å². The van der Waals surface area contributed by atoms with E-state index in [1.807, 2.05) is 56.3 Å². The van der Waals surface area contributed by atoms with Crippen LogP contribution in [0, 0.1) is 13.8 Å². The Labute approximate surface area is 173 Å². The molecule has 3 aromatic carbocycles. The minimum absolute atomic E-state index is 0.153. The lowest BCUT2D eigenvalue weighted by Crippen LogP contribution is -2.14. The van der Waals surface area contributed by atoms with E-state index in [-0.39, 0.29) is 5.91 Å². The van der Waals surface area contributed by atoms with Crippen molar-refractivity contribution in [2.45, 2.75) is 13.8 Å². The van der Waals surface area contributed by atoms with Crippen LogP contribution < -0.4 is 10.1 Å². The number of rotatable bonds is 4. The Kier molecular flexibility index (Phi) is 4.94. The standard InChI is InChI=1S/C22H19ClN4O2/c1-13-6-4-5-7-16(13)22(28)24-18-12-20-19(10-14(18)2)25-27(26-20)15-8-9-21(29-3)17(23)11-15/h4-12H,1-3H3,(H,24,28). The van der Waals surface area contributed by atoms with Gasteiger partial charge in [-0.25, -0.2) is 0 Å². The monoisotopic (exact) mass is 406 g/mol. The highest BCUT2D eigenvalue weighted by molar-refractivity contribution is 6.32. The van der Waals surface area contributed by atoms with Crippen LogP contribution in [0.3, 0.4) is 0 Å². The second kappa shape index (κ2) is 7.56. The fourth-order valence-electron chi connectivity index (χ4n) is 3.12. The summed E-state index contributed by atoms with van der Waals surface area (Å²) >= 11 is 6.22. The fourth-order valence-corrected chi connectivity index (χ4v) is 3.37. The Hall–Kier alpha value is -3.38. The summed E-state index contributed by atoms with van der Waals surface area (Å²) in [4.78, 5) is 14.2. The van der Waals surface area contributed by atoms with Gasteiger partial charge in [0.1, 0.15) is 16.8 Å². The molecule has 0 saturated heterocycles. The molecule has 1 heterocycles. The Bertz CT molecular complexity index is 1230. The molecule has 4 aromatic rings. The first-order valence-corrected chi connectivity index (χ1v) is 9.42. The van der Waals surface area contributed by atoms with Crippen LogP contribution in [0.4, 0.5) is 5.69 Å². The molecule has 0 bridgehead atoms. The van der Waals surface area contributed by atoms with Gasteiger partial charge < -0.3 is 10.1 Å². The summed E-state index contributed by atoms with van der Waals surface area (Å²) in [5, 5.41) is 12.5. The zero-order valence-electron chi connectivity index (χ0n) is 16.2. The van der Waals surface area contributed by atoms with E-state index < -0.39 is 0 Å². The first kappa shape index (κ1) is 19.0. The molecule has 1 N–H and O–H groups in total. The zero-order chi connectivity index (χ0) is 20.5. The Morgan fingerprint density at radius 3 is 2.41 bits per heavy atom.